The van der Waals surface area contributed by atoms with E-state index < -0.39 is 0 Å². The summed E-state index contributed by atoms with van der Waals surface area (Å²) in [5.74, 6) is 0. The van der Waals surface area contributed by atoms with Crippen molar-refractivity contribution in [2.45, 2.75) is 6.04 Å². The summed E-state index contributed by atoms with van der Waals surface area (Å²) in [6.45, 7) is 1.37. The minimum atomic E-state index is -0.171. The highest BCUT2D eigenvalue weighted by Crippen LogP contribution is 2.40. The second kappa shape index (κ2) is 4.84. The van der Waals surface area contributed by atoms with E-state index in [1.807, 2.05) is 19.2 Å². The fraction of sp³-hybridized carbons (Fsp3) is 0.500. The smallest absolute Gasteiger partial charge is 0.0596 e. The molecule has 0 bridgehead atoms. The zero-order valence-electron chi connectivity index (χ0n) is 9.24. The second-order valence-electron chi connectivity index (χ2n) is 4.29. The van der Waals surface area contributed by atoms with Gasteiger partial charge in [-0.05, 0) is 24.7 Å². The molecule has 0 aliphatic carbocycles. The lowest BCUT2D eigenvalue weighted by Crippen LogP contribution is -2.53. The molecule has 1 aliphatic rings. The molecule has 4 heteroatoms. The maximum atomic E-state index is 9.54. The highest BCUT2D eigenvalue weighted by atomic mass is 79.9. The van der Waals surface area contributed by atoms with Crippen molar-refractivity contribution in [3.05, 3.63) is 34.3 Å². The molecular weight excluding hydrogens is 270 g/mol. The predicted molar refractivity (Wildman–Crippen MR) is 66.3 cm³/mol. The van der Waals surface area contributed by atoms with Gasteiger partial charge in [0, 0.05) is 10.5 Å². The van der Waals surface area contributed by atoms with Gasteiger partial charge in [-0.3, -0.25) is 0 Å². The fourth-order valence-electron chi connectivity index (χ4n) is 2.23. The van der Waals surface area contributed by atoms with Gasteiger partial charge in [-0.15, -0.1) is 0 Å². The molecule has 0 amide bonds. The number of nitrogens with one attached hydrogen (secondary N) is 1. The van der Waals surface area contributed by atoms with E-state index in [9.17, 15) is 5.11 Å². The summed E-state index contributed by atoms with van der Waals surface area (Å²) in [5, 5.41) is 12.8. The van der Waals surface area contributed by atoms with Gasteiger partial charge in [-0.25, -0.2) is 0 Å². The molecule has 1 heterocycles. The molecule has 1 saturated heterocycles. The van der Waals surface area contributed by atoms with Crippen molar-refractivity contribution >= 4 is 15.9 Å². The average Bonchev–Trinajstić information content (AvgIpc) is 2.23. The lowest BCUT2D eigenvalue weighted by molar-refractivity contribution is -0.155. The summed E-state index contributed by atoms with van der Waals surface area (Å²) in [6, 6.07) is 8.29. The van der Waals surface area contributed by atoms with Crippen LogP contribution in [0.4, 0.5) is 0 Å². The van der Waals surface area contributed by atoms with Crippen LogP contribution >= 0.6 is 15.9 Å². The van der Waals surface area contributed by atoms with Crippen LogP contribution in [-0.4, -0.2) is 32.0 Å². The Balaban J connectivity index is 2.28. The molecule has 0 spiro atoms. The summed E-state index contributed by atoms with van der Waals surface area (Å²) < 4.78 is 6.31. The molecule has 2 N–H and O–H groups in total. The molecular formula is C12H16BrNO2. The van der Waals surface area contributed by atoms with Crippen molar-refractivity contribution in [3.8, 4) is 0 Å². The van der Waals surface area contributed by atoms with Gasteiger partial charge < -0.3 is 15.2 Å². The van der Waals surface area contributed by atoms with E-state index in [1.165, 1.54) is 5.56 Å². The number of ether oxygens (including phenoxy) is 1. The number of hydrogen-bond donors (Lipinski definition) is 2. The molecule has 1 fully saturated rings. The van der Waals surface area contributed by atoms with Crippen LogP contribution in [0.25, 0.3) is 0 Å². The van der Waals surface area contributed by atoms with E-state index in [0.717, 1.165) is 4.47 Å². The highest BCUT2D eigenvalue weighted by molar-refractivity contribution is 9.10. The number of benzene rings is 1. The number of hydrogen-bond acceptors (Lipinski definition) is 3. The first kappa shape index (κ1) is 12.0. The first-order chi connectivity index (χ1) is 7.72. The molecule has 16 heavy (non-hydrogen) atoms. The van der Waals surface area contributed by atoms with Crippen molar-refractivity contribution < 1.29 is 9.84 Å². The number of halogens is 1. The van der Waals surface area contributed by atoms with Crippen molar-refractivity contribution in [3.63, 3.8) is 0 Å². The van der Waals surface area contributed by atoms with Gasteiger partial charge in [0.15, 0.2) is 0 Å². The zero-order chi connectivity index (χ0) is 11.6. The molecule has 0 saturated carbocycles. The van der Waals surface area contributed by atoms with E-state index in [2.05, 4.69) is 33.4 Å². The first-order valence-electron chi connectivity index (χ1n) is 5.33. The van der Waals surface area contributed by atoms with Gasteiger partial charge in [0.1, 0.15) is 0 Å². The van der Waals surface area contributed by atoms with Crippen molar-refractivity contribution in [1.29, 1.82) is 0 Å². The normalized spacial score (nSPS) is 20.2. The quantitative estimate of drug-likeness (QED) is 0.885. The Hall–Kier alpha value is -0.420. The van der Waals surface area contributed by atoms with Crippen LogP contribution in [0.1, 0.15) is 11.6 Å². The summed E-state index contributed by atoms with van der Waals surface area (Å²) in [7, 11) is 1.92. The lowest BCUT2D eigenvalue weighted by atomic mass is 9.76. The summed E-state index contributed by atoms with van der Waals surface area (Å²) in [6.07, 6.45) is 0. The Kier molecular flexibility index (Phi) is 3.64. The first-order valence-corrected chi connectivity index (χ1v) is 6.12. The molecule has 0 radical (unpaired) electrons. The third-order valence-corrected chi connectivity index (χ3v) is 3.67. The van der Waals surface area contributed by atoms with Crippen LogP contribution in [0.5, 0.6) is 0 Å². The van der Waals surface area contributed by atoms with E-state index in [1.54, 1.807) is 0 Å². The van der Waals surface area contributed by atoms with E-state index in [4.69, 9.17) is 4.74 Å². The molecule has 1 unspecified atom stereocenters. The zero-order valence-corrected chi connectivity index (χ0v) is 10.8. The number of rotatable bonds is 4. The molecule has 1 atom stereocenters. The Morgan fingerprint density at radius 1 is 1.56 bits per heavy atom. The molecule has 88 valence electrons. The number of aliphatic hydroxyl groups is 1. The largest absolute Gasteiger partial charge is 0.396 e. The van der Waals surface area contributed by atoms with E-state index in [-0.39, 0.29) is 18.1 Å². The summed E-state index contributed by atoms with van der Waals surface area (Å²) in [5.41, 5.74) is 1.00. The minimum absolute atomic E-state index is 0.128. The Labute approximate surface area is 104 Å². The standard InChI is InChI=1S/C12H16BrNO2/c1-14-11(12(6-15)7-16-8-12)9-3-2-4-10(13)5-9/h2-5,11,14-15H,6-8H2,1H3. The monoisotopic (exact) mass is 285 g/mol. The molecule has 3 nitrogen and oxygen atoms in total. The summed E-state index contributed by atoms with van der Waals surface area (Å²) >= 11 is 3.47. The third kappa shape index (κ3) is 2.02. The maximum absolute atomic E-state index is 9.54. The Morgan fingerprint density at radius 2 is 2.31 bits per heavy atom. The lowest BCUT2D eigenvalue weighted by Gasteiger charge is -2.46. The SMILES string of the molecule is CNC(c1cccc(Br)c1)C1(CO)COC1. The van der Waals surface area contributed by atoms with Gasteiger partial charge in [-0.2, -0.15) is 0 Å². The van der Waals surface area contributed by atoms with E-state index >= 15 is 0 Å². The number of aliphatic hydroxyl groups excluding tert-OH is 1. The van der Waals surface area contributed by atoms with Crippen LogP contribution in [0.15, 0.2) is 28.7 Å². The van der Waals surface area contributed by atoms with Gasteiger partial charge in [-0.1, -0.05) is 28.1 Å². The Bertz CT molecular complexity index is 360. The fourth-order valence-corrected chi connectivity index (χ4v) is 2.64. The predicted octanol–water partition coefficient (Wildman–Crippen LogP) is 1.72. The highest BCUT2D eigenvalue weighted by Gasteiger charge is 2.45. The van der Waals surface area contributed by atoms with E-state index in [0.29, 0.717) is 13.2 Å². The van der Waals surface area contributed by atoms with Crippen molar-refractivity contribution in [1.82, 2.24) is 5.32 Å². The Morgan fingerprint density at radius 3 is 2.75 bits per heavy atom. The van der Waals surface area contributed by atoms with Crippen LogP contribution in [0.2, 0.25) is 0 Å². The van der Waals surface area contributed by atoms with Gasteiger partial charge in [0.2, 0.25) is 0 Å². The van der Waals surface area contributed by atoms with Crippen LogP contribution < -0.4 is 5.32 Å². The maximum Gasteiger partial charge on any atom is 0.0596 e. The molecule has 2 rings (SSSR count). The van der Waals surface area contributed by atoms with Crippen molar-refractivity contribution in [2.75, 3.05) is 26.9 Å². The second-order valence-corrected chi connectivity index (χ2v) is 5.21. The summed E-state index contributed by atoms with van der Waals surface area (Å²) in [4.78, 5) is 0. The van der Waals surface area contributed by atoms with Gasteiger partial charge in [0.25, 0.3) is 0 Å². The van der Waals surface area contributed by atoms with Crippen LogP contribution in [0.3, 0.4) is 0 Å². The molecule has 1 aliphatic heterocycles. The molecule has 0 aromatic heterocycles. The van der Waals surface area contributed by atoms with Crippen molar-refractivity contribution in [2.24, 2.45) is 5.41 Å². The van der Waals surface area contributed by atoms with Crippen LogP contribution in [0, 0.1) is 5.41 Å². The van der Waals surface area contributed by atoms with Crippen LogP contribution in [-0.2, 0) is 4.74 Å². The third-order valence-electron chi connectivity index (χ3n) is 3.18. The average molecular weight is 286 g/mol. The topological polar surface area (TPSA) is 41.5 Å². The van der Waals surface area contributed by atoms with Gasteiger partial charge in [0.05, 0.1) is 25.2 Å². The minimum Gasteiger partial charge on any atom is -0.396 e. The molecule has 1 aromatic rings. The van der Waals surface area contributed by atoms with Gasteiger partial charge >= 0.3 is 0 Å². The molecule has 1 aromatic carbocycles.